The van der Waals surface area contributed by atoms with E-state index in [0.29, 0.717) is 22.7 Å². The van der Waals surface area contributed by atoms with E-state index in [0.717, 1.165) is 29.7 Å². The molecule has 1 fully saturated rings. The van der Waals surface area contributed by atoms with Gasteiger partial charge in [0.05, 0.1) is 28.7 Å². The zero-order valence-corrected chi connectivity index (χ0v) is 16.0. The molecule has 2 aromatic carbocycles. The highest BCUT2D eigenvalue weighted by Crippen LogP contribution is 2.41. The van der Waals surface area contributed by atoms with Gasteiger partial charge >= 0.3 is 11.9 Å². The number of anilines is 2. The molecule has 0 saturated heterocycles. The molecule has 6 heteroatoms. The van der Waals surface area contributed by atoms with Crippen molar-refractivity contribution in [2.24, 2.45) is 0 Å². The number of carboxylic acids is 2. The first-order valence-corrected chi connectivity index (χ1v) is 9.28. The lowest BCUT2D eigenvalue weighted by Crippen LogP contribution is -2.04. The average molecular weight is 390 g/mol. The maximum Gasteiger partial charge on any atom is 0.337 e. The van der Waals surface area contributed by atoms with Gasteiger partial charge in [-0.1, -0.05) is 24.3 Å². The first-order chi connectivity index (χ1) is 13.9. The molecule has 1 aliphatic rings. The largest absolute Gasteiger partial charge is 0.478 e. The number of benzene rings is 2. The van der Waals surface area contributed by atoms with Crippen molar-refractivity contribution in [2.75, 3.05) is 5.32 Å². The second-order valence-electron chi connectivity index (χ2n) is 6.93. The van der Waals surface area contributed by atoms with E-state index in [2.05, 4.69) is 10.3 Å². The topological polar surface area (TPSA) is 99.5 Å². The number of nitrogens with one attached hydrogen (secondary N) is 1. The Bertz CT molecular complexity index is 1010. The Labute approximate surface area is 168 Å². The second kappa shape index (κ2) is 9.01. The molecule has 1 saturated carbocycles. The third-order valence-electron chi connectivity index (χ3n) is 4.50. The Hall–Kier alpha value is -3.67. The van der Waals surface area contributed by atoms with Gasteiger partial charge < -0.3 is 15.5 Å². The van der Waals surface area contributed by atoms with Crippen molar-refractivity contribution in [2.45, 2.75) is 25.7 Å². The lowest BCUT2D eigenvalue weighted by Gasteiger charge is -2.11. The van der Waals surface area contributed by atoms with Gasteiger partial charge in [0.15, 0.2) is 0 Å². The second-order valence-corrected chi connectivity index (χ2v) is 6.93. The molecule has 0 spiro atoms. The minimum Gasteiger partial charge on any atom is -0.478 e. The number of pyridine rings is 1. The molecule has 0 radical (unpaired) electrons. The van der Waals surface area contributed by atoms with Crippen LogP contribution in [0.15, 0.2) is 67.0 Å². The fourth-order valence-corrected chi connectivity index (χ4v) is 2.88. The van der Waals surface area contributed by atoms with Crippen molar-refractivity contribution in [3.8, 4) is 0 Å². The molecule has 0 aliphatic heterocycles. The Morgan fingerprint density at radius 2 is 1.69 bits per heavy atom. The van der Waals surface area contributed by atoms with Crippen LogP contribution in [0, 0.1) is 6.92 Å². The molecular weight excluding hydrogens is 368 g/mol. The number of aromatic carboxylic acids is 2. The van der Waals surface area contributed by atoms with Crippen molar-refractivity contribution < 1.29 is 19.8 Å². The summed E-state index contributed by atoms with van der Waals surface area (Å²) in [5.74, 6) is -1.24. The fourth-order valence-electron chi connectivity index (χ4n) is 2.88. The van der Waals surface area contributed by atoms with E-state index < -0.39 is 11.9 Å². The van der Waals surface area contributed by atoms with E-state index in [9.17, 15) is 14.7 Å². The lowest BCUT2D eigenvalue weighted by atomic mass is 10.0. The molecule has 0 atom stereocenters. The summed E-state index contributed by atoms with van der Waals surface area (Å²) in [5, 5.41) is 20.9. The van der Waals surface area contributed by atoms with Gasteiger partial charge in [-0.05, 0) is 67.1 Å². The number of aryl methyl sites for hydroxylation is 1. The standard InChI is InChI=1S/C16H16N2O2.C7H6O2/c1-10-6-13(9-17-8-10)18-15-5-4-12(11-2-3-11)7-14(15)16(19)20;8-7(9)6-4-2-1-3-5-6/h4-9,11,18H,2-3H2,1H3,(H,19,20);1-5H,(H,8,9). The average Bonchev–Trinajstić information content (AvgIpc) is 3.55. The van der Waals surface area contributed by atoms with Crippen molar-refractivity contribution >= 4 is 23.3 Å². The number of hydrogen-bond donors (Lipinski definition) is 3. The van der Waals surface area contributed by atoms with Crippen LogP contribution in [0.3, 0.4) is 0 Å². The maximum atomic E-state index is 11.4. The van der Waals surface area contributed by atoms with Gasteiger partial charge in [-0.3, -0.25) is 4.98 Å². The Morgan fingerprint density at radius 3 is 2.24 bits per heavy atom. The predicted octanol–water partition coefficient (Wildman–Crippen LogP) is 5.09. The number of carboxylic acid groups (broad SMARTS) is 2. The molecule has 6 nitrogen and oxygen atoms in total. The molecule has 4 rings (SSSR count). The number of rotatable bonds is 5. The third-order valence-corrected chi connectivity index (χ3v) is 4.50. The van der Waals surface area contributed by atoms with Gasteiger partial charge in [0.2, 0.25) is 0 Å². The fraction of sp³-hybridized carbons (Fsp3) is 0.174. The Kier molecular flexibility index (Phi) is 6.24. The Morgan fingerprint density at radius 1 is 0.966 bits per heavy atom. The SMILES string of the molecule is Cc1cncc(Nc2ccc(C3CC3)cc2C(=O)O)c1.O=C(O)c1ccccc1. The highest BCUT2D eigenvalue weighted by atomic mass is 16.4. The molecule has 0 unspecified atom stereocenters. The summed E-state index contributed by atoms with van der Waals surface area (Å²) in [5.41, 5.74) is 4.20. The number of nitrogens with zero attached hydrogens (tertiary/aromatic N) is 1. The smallest absolute Gasteiger partial charge is 0.337 e. The number of aromatic nitrogens is 1. The molecule has 29 heavy (non-hydrogen) atoms. The molecule has 1 heterocycles. The normalized spacial score (nSPS) is 12.4. The predicted molar refractivity (Wildman–Crippen MR) is 111 cm³/mol. The summed E-state index contributed by atoms with van der Waals surface area (Å²) < 4.78 is 0. The summed E-state index contributed by atoms with van der Waals surface area (Å²) >= 11 is 0. The summed E-state index contributed by atoms with van der Waals surface area (Å²) in [6.45, 7) is 1.95. The van der Waals surface area contributed by atoms with Gasteiger partial charge in [0.1, 0.15) is 0 Å². The van der Waals surface area contributed by atoms with Crippen molar-refractivity contribution in [3.63, 3.8) is 0 Å². The molecule has 3 N–H and O–H groups in total. The first-order valence-electron chi connectivity index (χ1n) is 9.28. The number of hydrogen-bond acceptors (Lipinski definition) is 4. The van der Waals surface area contributed by atoms with Crippen molar-refractivity contribution in [3.05, 3.63) is 89.2 Å². The van der Waals surface area contributed by atoms with Crippen molar-refractivity contribution in [1.82, 2.24) is 4.98 Å². The summed E-state index contributed by atoms with van der Waals surface area (Å²) in [6, 6.07) is 15.9. The summed E-state index contributed by atoms with van der Waals surface area (Å²) in [7, 11) is 0. The third kappa shape index (κ3) is 5.65. The quantitative estimate of drug-likeness (QED) is 0.561. The van der Waals surface area contributed by atoms with Crippen LogP contribution in [0.5, 0.6) is 0 Å². The molecule has 148 valence electrons. The molecule has 1 aromatic heterocycles. The highest BCUT2D eigenvalue weighted by molar-refractivity contribution is 5.95. The first kappa shape index (κ1) is 20.1. The van der Waals surface area contributed by atoms with Crippen molar-refractivity contribution in [1.29, 1.82) is 0 Å². The highest BCUT2D eigenvalue weighted by Gasteiger charge is 2.25. The van der Waals surface area contributed by atoms with Gasteiger partial charge in [-0.2, -0.15) is 0 Å². The summed E-state index contributed by atoms with van der Waals surface area (Å²) in [6.07, 6.45) is 5.77. The summed E-state index contributed by atoms with van der Waals surface area (Å²) in [4.78, 5) is 25.7. The maximum absolute atomic E-state index is 11.4. The minimum atomic E-state index is -0.907. The van der Waals surface area contributed by atoms with E-state index in [1.807, 2.05) is 25.1 Å². The van der Waals surface area contributed by atoms with E-state index in [-0.39, 0.29) is 0 Å². The molecule has 3 aromatic rings. The molecule has 0 amide bonds. The van der Waals surface area contributed by atoms with Crippen LogP contribution in [0.2, 0.25) is 0 Å². The van der Waals surface area contributed by atoms with E-state index in [1.54, 1.807) is 48.8 Å². The van der Waals surface area contributed by atoms with Crippen LogP contribution in [0.1, 0.15) is 50.6 Å². The molecule has 1 aliphatic carbocycles. The number of carbonyl (C=O) groups is 2. The van der Waals surface area contributed by atoms with Crippen LogP contribution >= 0.6 is 0 Å². The van der Waals surface area contributed by atoms with Crippen LogP contribution < -0.4 is 5.32 Å². The minimum absolute atomic E-state index is 0.316. The monoisotopic (exact) mass is 390 g/mol. The van der Waals surface area contributed by atoms with Gasteiger partial charge in [0.25, 0.3) is 0 Å². The van der Waals surface area contributed by atoms with Crippen LogP contribution in [0.4, 0.5) is 11.4 Å². The van der Waals surface area contributed by atoms with E-state index >= 15 is 0 Å². The van der Waals surface area contributed by atoms with Gasteiger partial charge in [-0.15, -0.1) is 0 Å². The van der Waals surface area contributed by atoms with Gasteiger partial charge in [-0.25, -0.2) is 9.59 Å². The zero-order valence-electron chi connectivity index (χ0n) is 16.0. The van der Waals surface area contributed by atoms with E-state index in [4.69, 9.17) is 5.11 Å². The van der Waals surface area contributed by atoms with Crippen LogP contribution in [0.25, 0.3) is 0 Å². The zero-order chi connectivity index (χ0) is 20.8. The van der Waals surface area contributed by atoms with Gasteiger partial charge in [0, 0.05) is 6.20 Å². The molecular formula is C23H22N2O4. The molecule has 0 bridgehead atoms. The Balaban J connectivity index is 0.000000224. The van der Waals surface area contributed by atoms with Crippen LogP contribution in [-0.4, -0.2) is 27.1 Å². The van der Waals surface area contributed by atoms with E-state index in [1.165, 1.54) is 0 Å². The lowest BCUT2D eigenvalue weighted by molar-refractivity contribution is 0.0686. The van der Waals surface area contributed by atoms with Crippen LogP contribution in [-0.2, 0) is 0 Å².